The van der Waals surface area contributed by atoms with Gasteiger partial charge in [0.05, 0.1) is 6.61 Å². The minimum atomic E-state index is 0.0815. The molecule has 0 N–H and O–H groups in total. The van der Waals surface area contributed by atoms with Gasteiger partial charge >= 0.3 is 0 Å². The van der Waals surface area contributed by atoms with Crippen molar-refractivity contribution >= 4 is 0 Å². The van der Waals surface area contributed by atoms with Gasteiger partial charge in [0.25, 0.3) is 0 Å². The zero-order valence-corrected chi connectivity index (χ0v) is 5.98. The summed E-state index contributed by atoms with van der Waals surface area (Å²) < 4.78 is 0. The van der Waals surface area contributed by atoms with Crippen molar-refractivity contribution in [2.45, 2.75) is 27.2 Å². The highest BCUT2D eigenvalue weighted by molar-refractivity contribution is 4.52. The van der Waals surface area contributed by atoms with Gasteiger partial charge in [-0.1, -0.05) is 20.8 Å². The van der Waals surface area contributed by atoms with Gasteiger partial charge in [-0.15, -0.1) is 0 Å². The van der Waals surface area contributed by atoms with E-state index in [1.165, 1.54) is 0 Å². The minimum Gasteiger partial charge on any atom is -0.236 e. The highest BCUT2D eigenvalue weighted by Gasteiger charge is 2.02. The van der Waals surface area contributed by atoms with Crippen molar-refractivity contribution < 1.29 is 5.11 Å². The predicted molar refractivity (Wildman–Crippen MR) is 34.2 cm³/mol. The monoisotopic (exact) mass is 115 g/mol. The lowest BCUT2D eigenvalue weighted by Gasteiger charge is -2.07. The van der Waals surface area contributed by atoms with E-state index in [-0.39, 0.29) is 6.61 Å². The molecule has 0 saturated carbocycles. The Morgan fingerprint density at radius 1 is 1.25 bits per heavy atom. The molecule has 0 aromatic heterocycles. The Bertz CT molecular complexity index is 50.3. The first kappa shape index (κ1) is 7.96. The third-order valence-electron chi connectivity index (χ3n) is 1.16. The molecule has 1 unspecified atom stereocenters. The highest BCUT2D eigenvalue weighted by Crippen LogP contribution is 2.08. The molecule has 1 heteroatoms. The van der Waals surface area contributed by atoms with Crippen molar-refractivity contribution in [3.8, 4) is 0 Å². The molecule has 49 valence electrons. The van der Waals surface area contributed by atoms with Gasteiger partial charge in [-0.25, -0.2) is 5.11 Å². The largest absolute Gasteiger partial charge is 0.236 e. The fraction of sp³-hybridized carbons (Fsp3) is 1.00. The van der Waals surface area contributed by atoms with Gasteiger partial charge < -0.3 is 0 Å². The van der Waals surface area contributed by atoms with Crippen LogP contribution in [0.2, 0.25) is 0 Å². The van der Waals surface area contributed by atoms with E-state index in [9.17, 15) is 5.11 Å². The van der Waals surface area contributed by atoms with Crippen LogP contribution in [0.15, 0.2) is 0 Å². The van der Waals surface area contributed by atoms with Crippen molar-refractivity contribution in [1.82, 2.24) is 0 Å². The molecule has 0 aliphatic heterocycles. The van der Waals surface area contributed by atoms with Gasteiger partial charge in [-0.3, -0.25) is 0 Å². The van der Waals surface area contributed by atoms with Crippen LogP contribution in [0.1, 0.15) is 27.2 Å². The maximum atomic E-state index is 10.2. The van der Waals surface area contributed by atoms with Crippen LogP contribution in [-0.2, 0) is 5.11 Å². The molecule has 0 spiro atoms. The Morgan fingerprint density at radius 3 is 1.88 bits per heavy atom. The topological polar surface area (TPSA) is 19.9 Å². The van der Waals surface area contributed by atoms with Crippen LogP contribution in [0.25, 0.3) is 0 Å². The molecular weight excluding hydrogens is 100 g/mol. The van der Waals surface area contributed by atoms with Crippen molar-refractivity contribution in [1.29, 1.82) is 0 Å². The fourth-order valence-corrected chi connectivity index (χ4v) is 0.873. The van der Waals surface area contributed by atoms with Crippen molar-refractivity contribution in [2.75, 3.05) is 6.61 Å². The first-order valence-electron chi connectivity index (χ1n) is 3.25. The molecular formula is C7H15O. The zero-order chi connectivity index (χ0) is 6.57. The van der Waals surface area contributed by atoms with Gasteiger partial charge in [0.2, 0.25) is 0 Å². The van der Waals surface area contributed by atoms with Gasteiger partial charge in [0.15, 0.2) is 0 Å². The minimum absolute atomic E-state index is 0.0815. The Labute approximate surface area is 51.7 Å². The highest BCUT2D eigenvalue weighted by atomic mass is 16.3. The van der Waals surface area contributed by atoms with Crippen LogP contribution >= 0.6 is 0 Å². The quantitative estimate of drug-likeness (QED) is 0.536. The van der Waals surface area contributed by atoms with E-state index >= 15 is 0 Å². The third kappa shape index (κ3) is 4.13. The summed E-state index contributed by atoms with van der Waals surface area (Å²) in [7, 11) is 0. The molecule has 0 aromatic carbocycles. The van der Waals surface area contributed by atoms with Gasteiger partial charge in [-0.05, 0) is 18.3 Å². The SMILES string of the molecule is CC(C)CC(C)C[O]. The average molecular weight is 115 g/mol. The molecule has 1 atom stereocenters. The van der Waals surface area contributed by atoms with Gasteiger partial charge in [0.1, 0.15) is 0 Å². The first-order chi connectivity index (χ1) is 3.66. The van der Waals surface area contributed by atoms with Crippen LogP contribution in [0.5, 0.6) is 0 Å². The molecule has 1 nitrogen and oxygen atoms in total. The van der Waals surface area contributed by atoms with E-state index in [0.29, 0.717) is 11.8 Å². The fourth-order valence-electron chi connectivity index (χ4n) is 0.873. The Kier molecular flexibility index (Phi) is 3.88. The Morgan fingerprint density at radius 2 is 1.75 bits per heavy atom. The molecule has 0 amide bonds. The van der Waals surface area contributed by atoms with Crippen LogP contribution in [0.3, 0.4) is 0 Å². The van der Waals surface area contributed by atoms with E-state index in [1.807, 2.05) is 6.92 Å². The second-order valence-electron chi connectivity index (χ2n) is 2.90. The summed E-state index contributed by atoms with van der Waals surface area (Å²) in [5, 5.41) is 10.2. The van der Waals surface area contributed by atoms with Crippen LogP contribution in [-0.4, -0.2) is 6.61 Å². The predicted octanol–water partition coefficient (Wildman–Crippen LogP) is 2.10. The molecule has 0 bridgehead atoms. The Balaban J connectivity index is 3.10. The lowest BCUT2D eigenvalue weighted by molar-refractivity contribution is 0.140. The maximum absolute atomic E-state index is 10.2. The summed E-state index contributed by atoms with van der Waals surface area (Å²) in [4.78, 5) is 0. The van der Waals surface area contributed by atoms with E-state index < -0.39 is 0 Å². The number of hydrogen-bond donors (Lipinski definition) is 0. The summed E-state index contributed by atoms with van der Waals surface area (Å²) in [5.74, 6) is 1.05. The van der Waals surface area contributed by atoms with Crippen LogP contribution in [0, 0.1) is 11.8 Å². The summed E-state index contributed by atoms with van der Waals surface area (Å²) in [5.41, 5.74) is 0. The van der Waals surface area contributed by atoms with Gasteiger partial charge in [0, 0.05) is 0 Å². The maximum Gasteiger partial charge on any atom is 0.0847 e. The summed E-state index contributed by atoms with van der Waals surface area (Å²) in [6.07, 6.45) is 1.07. The second kappa shape index (κ2) is 3.90. The molecule has 0 fully saturated rings. The smallest absolute Gasteiger partial charge is 0.0847 e. The Hall–Kier alpha value is -0.0400. The summed E-state index contributed by atoms with van der Waals surface area (Å²) in [6.45, 7) is 6.38. The standard InChI is InChI=1S/C7H15O/c1-6(2)4-7(3)5-8/h6-7H,4-5H2,1-3H3. The lowest BCUT2D eigenvalue weighted by Crippen LogP contribution is -2.02. The van der Waals surface area contributed by atoms with Crippen molar-refractivity contribution in [2.24, 2.45) is 11.8 Å². The summed E-state index contributed by atoms with van der Waals surface area (Å²) in [6, 6.07) is 0. The summed E-state index contributed by atoms with van der Waals surface area (Å²) >= 11 is 0. The average Bonchev–Trinajstić information content (AvgIpc) is 1.65. The molecule has 0 aliphatic carbocycles. The molecule has 8 heavy (non-hydrogen) atoms. The molecule has 1 radical (unpaired) electrons. The van der Waals surface area contributed by atoms with E-state index in [0.717, 1.165) is 6.42 Å². The van der Waals surface area contributed by atoms with Crippen molar-refractivity contribution in [3.63, 3.8) is 0 Å². The first-order valence-corrected chi connectivity index (χ1v) is 3.25. The van der Waals surface area contributed by atoms with Crippen LogP contribution in [0.4, 0.5) is 0 Å². The van der Waals surface area contributed by atoms with E-state index in [1.54, 1.807) is 0 Å². The second-order valence-corrected chi connectivity index (χ2v) is 2.90. The normalized spacial score (nSPS) is 14.6. The third-order valence-corrected chi connectivity index (χ3v) is 1.16. The molecule has 0 rings (SSSR count). The number of hydrogen-bond acceptors (Lipinski definition) is 0. The molecule has 0 saturated heterocycles. The lowest BCUT2D eigenvalue weighted by atomic mass is 10.0. The van der Waals surface area contributed by atoms with E-state index in [2.05, 4.69) is 13.8 Å². The van der Waals surface area contributed by atoms with Gasteiger partial charge in [-0.2, -0.15) is 0 Å². The van der Waals surface area contributed by atoms with Crippen LogP contribution < -0.4 is 0 Å². The zero-order valence-electron chi connectivity index (χ0n) is 5.98. The molecule has 0 aliphatic rings. The number of rotatable bonds is 3. The van der Waals surface area contributed by atoms with Crippen molar-refractivity contribution in [3.05, 3.63) is 0 Å². The molecule has 0 heterocycles. The van der Waals surface area contributed by atoms with E-state index in [4.69, 9.17) is 0 Å². The molecule has 0 aromatic rings.